The Morgan fingerprint density at radius 3 is 2.66 bits per heavy atom. The van der Waals surface area contributed by atoms with Crippen molar-refractivity contribution in [2.24, 2.45) is 0 Å². The molecule has 1 saturated carbocycles. The number of carbonyl (C=O) groups excluding carboxylic acids is 1. The lowest BCUT2D eigenvalue weighted by Crippen LogP contribution is -2.31. The first kappa shape index (κ1) is 26.7. The molecule has 10 nitrogen and oxygen atoms in total. The second-order valence-electron chi connectivity index (χ2n) is 11.0. The number of benzene rings is 2. The molecule has 0 aliphatic heterocycles. The summed E-state index contributed by atoms with van der Waals surface area (Å²) in [5, 5.41) is 5.47. The van der Waals surface area contributed by atoms with Gasteiger partial charge >= 0.3 is 6.09 Å². The van der Waals surface area contributed by atoms with Crippen LogP contribution in [0.1, 0.15) is 54.3 Å². The number of hydrogen-bond donors (Lipinski definition) is 1. The number of amides is 1. The summed E-state index contributed by atoms with van der Waals surface area (Å²) in [4.78, 5) is 26.6. The number of oxazole rings is 1. The fraction of sp³-hybridized carbons (Fsp3) is 0.367. The highest BCUT2D eigenvalue weighted by Gasteiger charge is 2.29. The van der Waals surface area contributed by atoms with E-state index in [2.05, 4.69) is 15.0 Å². The van der Waals surface area contributed by atoms with Crippen LogP contribution >= 0.6 is 0 Å². The fourth-order valence-electron chi connectivity index (χ4n) is 5.61. The summed E-state index contributed by atoms with van der Waals surface area (Å²) in [6.45, 7) is 3.99. The molecule has 0 atom stereocenters. The molecule has 1 fully saturated rings. The molecule has 2 aromatic carbocycles. The van der Waals surface area contributed by atoms with Gasteiger partial charge in [0.05, 0.1) is 17.8 Å². The first-order valence-electron chi connectivity index (χ1n) is 13.7. The van der Waals surface area contributed by atoms with Crippen molar-refractivity contribution in [1.29, 1.82) is 0 Å². The number of aromatic nitrogens is 5. The number of nitrogens with zero attached hydrogens (tertiary/aromatic N) is 6. The van der Waals surface area contributed by atoms with Crippen LogP contribution in [0.3, 0.4) is 0 Å². The summed E-state index contributed by atoms with van der Waals surface area (Å²) in [5.74, 6) is 0.352. The van der Waals surface area contributed by atoms with Gasteiger partial charge in [-0.15, -0.1) is 0 Å². The molecule has 5 aromatic rings. The molecule has 0 radical (unpaired) electrons. The van der Waals surface area contributed by atoms with Gasteiger partial charge in [0.2, 0.25) is 0 Å². The minimum atomic E-state index is -0.390. The smallest absolute Gasteiger partial charge is 0.409 e. The van der Waals surface area contributed by atoms with Crippen LogP contribution in [0.25, 0.3) is 33.4 Å². The van der Waals surface area contributed by atoms with Gasteiger partial charge < -0.3 is 19.8 Å². The molecule has 6 rings (SSSR count). The van der Waals surface area contributed by atoms with Crippen molar-refractivity contribution in [3.8, 4) is 11.3 Å². The molecule has 2 N–H and O–H groups in total. The lowest BCUT2D eigenvalue weighted by atomic mass is 9.93. The maximum atomic E-state index is 15.5. The van der Waals surface area contributed by atoms with Gasteiger partial charge in [-0.2, -0.15) is 5.10 Å². The van der Waals surface area contributed by atoms with E-state index in [1.807, 2.05) is 36.7 Å². The molecule has 0 saturated heterocycles. The molecular weight excluding hydrogens is 525 g/mol. The zero-order valence-electron chi connectivity index (χ0n) is 23.5. The number of hydrogen-bond acceptors (Lipinski definition) is 8. The Hall–Kier alpha value is -4.54. The normalized spacial score (nSPS) is 17.3. The number of nitrogen functional groups attached to an aromatic ring is 1. The van der Waals surface area contributed by atoms with Crippen LogP contribution in [0.2, 0.25) is 0 Å². The monoisotopic (exact) mass is 557 g/mol. The molecule has 1 aliphatic carbocycles. The maximum Gasteiger partial charge on any atom is 0.409 e. The van der Waals surface area contributed by atoms with Gasteiger partial charge in [0.15, 0.2) is 17.1 Å². The first-order valence-corrected chi connectivity index (χ1v) is 13.7. The van der Waals surface area contributed by atoms with Crippen LogP contribution in [-0.4, -0.2) is 55.9 Å². The van der Waals surface area contributed by atoms with Crippen LogP contribution in [0, 0.1) is 19.7 Å². The number of halogens is 1. The summed E-state index contributed by atoms with van der Waals surface area (Å²) in [7, 11) is 3.34. The highest BCUT2D eigenvalue weighted by Crippen LogP contribution is 2.37. The lowest BCUT2D eigenvalue weighted by Gasteiger charge is -2.29. The molecule has 3 heterocycles. The van der Waals surface area contributed by atoms with Gasteiger partial charge in [-0.25, -0.2) is 28.8 Å². The van der Waals surface area contributed by atoms with E-state index in [-0.39, 0.29) is 36.3 Å². The van der Waals surface area contributed by atoms with E-state index in [0.717, 1.165) is 35.1 Å². The van der Waals surface area contributed by atoms with Crippen molar-refractivity contribution in [2.45, 2.75) is 58.1 Å². The van der Waals surface area contributed by atoms with Crippen LogP contribution in [0.15, 0.2) is 41.1 Å². The molecule has 1 aliphatic rings. The topological polar surface area (TPSA) is 125 Å². The quantitative estimate of drug-likeness (QED) is 0.290. The minimum Gasteiger partial charge on any atom is -0.446 e. The molecule has 212 valence electrons. The number of ether oxygens (including phenoxy) is 1. The van der Waals surface area contributed by atoms with Gasteiger partial charge in [-0.05, 0) is 68.4 Å². The van der Waals surface area contributed by atoms with Crippen LogP contribution < -0.4 is 5.73 Å². The zero-order valence-corrected chi connectivity index (χ0v) is 23.5. The van der Waals surface area contributed by atoms with E-state index in [9.17, 15) is 4.79 Å². The van der Waals surface area contributed by atoms with E-state index in [0.29, 0.717) is 46.6 Å². The number of anilines is 1. The van der Waals surface area contributed by atoms with Crippen molar-refractivity contribution in [2.75, 3.05) is 19.8 Å². The van der Waals surface area contributed by atoms with Crippen molar-refractivity contribution in [3.63, 3.8) is 0 Å². The van der Waals surface area contributed by atoms with Gasteiger partial charge in [0, 0.05) is 19.7 Å². The summed E-state index contributed by atoms with van der Waals surface area (Å²) in [6, 6.07) is 9.05. The third-order valence-corrected chi connectivity index (χ3v) is 7.67. The van der Waals surface area contributed by atoms with Gasteiger partial charge in [0.1, 0.15) is 35.3 Å². The van der Waals surface area contributed by atoms with E-state index < -0.39 is 0 Å². The largest absolute Gasteiger partial charge is 0.446 e. The SMILES string of the molecule is Cc1cc(C)c2oc(Cc3ccc(-c4nn(C5CCC(OC(=O)N(C)C)CC5)c5ncnc(N)c45)cc3F)nc2c1. The van der Waals surface area contributed by atoms with E-state index >= 15 is 4.39 Å². The highest BCUT2D eigenvalue weighted by atomic mass is 19.1. The van der Waals surface area contributed by atoms with Gasteiger partial charge in [-0.3, -0.25) is 0 Å². The minimum absolute atomic E-state index is 0.0326. The molecule has 11 heteroatoms. The standard InChI is InChI=1S/C30H32FN7O3/c1-16-11-17(2)27-23(12-16)35-24(41-27)14-18-5-6-19(13-22(18)31)26-25-28(32)33-15-34-29(25)38(36-26)20-7-9-21(10-8-20)40-30(39)37(3)4/h5-6,11-13,15,20-21H,7-10,14H2,1-4H3,(H2,32,33,34). The predicted octanol–water partition coefficient (Wildman–Crippen LogP) is 5.75. The van der Waals surface area contributed by atoms with Crippen molar-refractivity contribution < 1.29 is 18.3 Å². The summed E-state index contributed by atoms with van der Waals surface area (Å²) in [5.41, 5.74) is 12.1. The summed E-state index contributed by atoms with van der Waals surface area (Å²) >= 11 is 0. The van der Waals surface area contributed by atoms with Crippen molar-refractivity contribution in [3.05, 3.63) is 65.1 Å². The third-order valence-electron chi connectivity index (χ3n) is 7.67. The average molecular weight is 558 g/mol. The van der Waals surface area contributed by atoms with Gasteiger partial charge in [0.25, 0.3) is 0 Å². The Kier molecular flexibility index (Phi) is 6.80. The molecule has 0 spiro atoms. The summed E-state index contributed by atoms with van der Waals surface area (Å²) < 4.78 is 28.9. The molecule has 41 heavy (non-hydrogen) atoms. The predicted molar refractivity (Wildman–Crippen MR) is 153 cm³/mol. The van der Waals surface area contributed by atoms with Crippen LogP contribution in [0.5, 0.6) is 0 Å². The zero-order chi connectivity index (χ0) is 28.8. The van der Waals surface area contributed by atoms with Crippen molar-refractivity contribution in [1.82, 2.24) is 29.6 Å². The third kappa shape index (κ3) is 5.07. The Morgan fingerprint density at radius 2 is 1.93 bits per heavy atom. The molecule has 1 amide bonds. The number of fused-ring (bicyclic) bond motifs is 2. The molecular formula is C30H32FN7O3. The van der Waals surface area contributed by atoms with E-state index in [1.165, 1.54) is 17.3 Å². The molecule has 0 bridgehead atoms. The van der Waals surface area contributed by atoms with Crippen molar-refractivity contribution >= 4 is 34.0 Å². The second-order valence-corrected chi connectivity index (χ2v) is 11.0. The number of carbonyl (C=O) groups is 1. The second kappa shape index (κ2) is 10.5. The molecule has 3 aromatic heterocycles. The Balaban J connectivity index is 1.28. The number of rotatable bonds is 5. The Labute approximate surface area is 236 Å². The summed E-state index contributed by atoms with van der Waals surface area (Å²) in [6.07, 6.45) is 4.08. The fourth-order valence-corrected chi connectivity index (χ4v) is 5.61. The number of nitrogens with two attached hydrogens (primary N) is 1. The maximum absolute atomic E-state index is 15.5. The van der Waals surface area contributed by atoms with Crippen LogP contribution in [0.4, 0.5) is 15.0 Å². The Bertz CT molecular complexity index is 1770. The van der Waals surface area contributed by atoms with Gasteiger partial charge in [-0.1, -0.05) is 18.2 Å². The van der Waals surface area contributed by atoms with E-state index in [4.69, 9.17) is 20.0 Å². The molecule has 0 unspecified atom stereocenters. The average Bonchev–Trinajstić information content (AvgIpc) is 3.53. The lowest BCUT2D eigenvalue weighted by molar-refractivity contribution is 0.0472. The van der Waals surface area contributed by atoms with Crippen LogP contribution in [-0.2, 0) is 11.2 Å². The first-order chi connectivity index (χ1) is 19.7. The van der Waals surface area contributed by atoms with E-state index in [1.54, 1.807) is 20.2 Å². The Morgan fingerprint density at radius 1 is 1.15 bits per heavy atom. The number of aryl methyl sites for hydroxylation is 2. The highest BCUT2D eigenvalue weighted by molar-refractivity contribution is 5.98.